The number of halogens is 1. The van der Waals surface area contributed by atoms with Crippen molar-refractivity contribution in [3.8, 4) is 5.75 Å². The molecule has 1 fully saturated rings. The summed E-state index contributed by atoms with van der Waals surface area (Å²) in [5, 5.41) is 3.34. The minimum absolute atomic E-state index is 0.162. The van der Waals surface area contributed by atoms with Crippen LogP contribution in [0.15, 0.2) is 18.2 Å². The van der Waals surface area contributed by atoms with Gasteiger partial charge in [-0.15, -0.1) is 0 Å². The zero-order chi connectivity index (χ0) is 12.1. The van der Waals surface area contributed by atoms with Crippen LogP contribution in [0.4, 0.5) is 4.39 Å². The molecular weight excluding hydrogens is 221 g/mol. The lowest BCUT2D eigenvalue weighted by molar-refractivity contribution is 0.0222. The first-order valence-corrected chi connectivity index (χ1v) is 6.01. The molecule has 0 unspecified atom stereocenters. The fourth-order valence-electron chi connectivity index (χ4n) is 1.55. The van der Waals surface area contributed by atoms with Crippen molar-refractivity contribution in [2.45, 2.75) is 32.4 Å². The maximum absolute atomic E-state index is 13.3. The van der Waals surface area contributed by atoms with Gasteiger partial charge in [-0.2, -0.15) is 0 Å². The number of nitrogens with one attached hydrogen (secondary N) is 1. The van der Waals surface area contributed by atoms with Crippen LogP contribution in [0.5, 0.6) is 5.75 Å². The van der Waals surface area contributed by atoms with Gasteiger partial charge in [0.2, 0.25) is 0 Å². The molecule has 1 N–H and O–H groups in total. The lowest BCUT2D eigenvalue weighted by Crippen LogP contribution is -2.15. The van der Waals surface area contributed by atoms with E-state index in [1.165, 1.54) is 25.0 Å². The lowest BCUT2D eigenvalue weighted by atomic mass is 10.2. The summed E-state index contributed by atoms with van der Waals surface area (Å²) in [6.45, 7) is 3.33. The van der Waals surface area contributed by atoms with Crippen LogP contribution in [0, 0.1) is 5.82 Å². The van der Waals surface area contributed by atoms with E-state index >= 15 is 0 Å². The highest BCUT2D eigenvalue weighted by molar-refractivity contribution is 5.29. The number of hydrogen-bond acceptors (Lipinski definition) is 3. The third kappa shape index (κ3) is 4.32. The van der Waals surface area contributed by atoms with Crippen molar-refractivity contribution in [1.82, 2.24) is 5.32 Å². The maximum Gasteiger partial charge on any atom is 0.189 e. The van der Waals surface area contributed by atoms with Crippen molar-refractivity contribution in [3.63, 3.8) is 0 Å². The molecular formula is C13H18FNO2. The van der Waals surface area contributed by atoms with Gasteiger partial charge in [-0.25, -0.2) is 4.39 Å². The predicted octanol–water partition coefficient (Wildman–Crippen LogP) is 2.45. The quantitative estimate of drug-likeness (QED) is 0.585. The first kappa shape index (κ1) is 12.3. The summed E-state index contributed by atoms with van der Waals surface area (Å²) >= 11 is 0. The molecule has 1 aromatic rings. The normalized spacial score (nSPS) is 14.9. The van der Waals surface area contributed by atoms with Crippen LogP contribution >= 0.6 is 0 Å². The summed E-state index contributed by atoms with van der Waals surface area (Å²) in [4.78, 5) is 0. The summed E-state index contributed by atoms with van der Waals surface area (Å²) in [6.07, 6.45) is 2.45. The fourth-order valence-corrected chi connectivity index (χ4v) is 1.55. The Morgan fingerprint density at radius 3 is 2.88 bits per heavy atom. The molecule has 0 aromatic heterocycles. The molecule has 0 aliphatic heterocycles. The van der Waals surface area contributed by atoms with E-state index in [-0.39, 0.29) is 12.6 Å². The van der Waals surface area contributed by atoms with Gasteiger partial charge in [0.1, 0.15) is 11.6 Å². The Kier molecular flexibility index (Phi) is 4.34. The van der Waals surface area contributed by atoms with Gasteiger partial charge in [-0.3, -0.25) is 0 Å². The molecule has 3 nitrogen and oxygen atoms in total. The minimum Gasteiger partial charge on any atom is -0.467 e. The SMILES string of the molecule is CCOCOc1cc(F)cc(CNC2CC2)c1. The zero-order valence-electron chi connectivity index (χ0n) is 10.0. The Morgan fingerprint density at radius 2 is 2.18 bits per heavy atom. The average molecular weight is 239 g/mol. The van der Waals surface area contributed by atoms with E-state index in [4.69, 9.17) is 9.47 Å². The van der Waals surface area contributed by atoms with Gasteiger partial charge < -0.3 is 14.8 Å². The van der Waals surface area contributed by atoms with E-state index in [0.29, 0.717) is 24.9 Å². The Hall–Kier alpha value is -1.13. The first-order valence-electron chi connectivity index (χ1n) is 6.01. The van der Waals surface area contributed by atoms with Crippen molar-refractivity contribution in [2.75, 3.05) is 13.4 Å². The first-order chi connectivity index (χ1) is 8.28. The minimum atomic E-state index is -0.272. The molecule has 94 valence electrons. The van der Waals surface area contributed by atoms with Crippen molar-refractivity contribution in [2.24, 2.45) is 0 Å². The second-order valence-electron chi connectivity index (χ2n) is 4.21. The molecule has 1 aliphatic carbocycles. The van der Waals surface area contributed by atoms with E-state index in [1.54, 1.807) is 0 Å². The number of benzene rings is 1. The van der Waals surface area contributed by atoms with Gasteiger partial charge in [0.25, 0.3) is 0 Å². The summed E-state index contributed by atoms with van der Waals surface area (Å²) in [5.41, 5.74) is 0.906. The lowest BCUT2D eigenvalue weighted by Gasteiger charge is -2.09. The smallest absolute Gasteiger partial charge is 0.189 e. The van der Waals surface area contributed by atoms with Gasteiger partial charge in [-0.1, -0.05) is 0 Å². The van der Waals surface area contributed by atoms with Crippen LogP contribution in [0.2, 0.25) is 0 Å². The van der Waals surface area contributed by atoms with E-state index < -0.39 is 0 Å². The Balaban J connectivity index is 1.90. The largest absolute Gasteiger partial charge is 0.467 e. The second kappa shape index (κ2) is 5.98. The van der Waals surface area contributed by atoms with E-state index in [9.17, 15) is 4.39 Å². The molecule has 0 amide bonds. The Morgan fingerprint density at radius 1 is 1.35 bits per heavy atom. The van der Waals surface area contributed by atoms with Crippen LogP contribution in [-0.2, 0) is 11.3 Å². The van der Waals surface area contributed by atoms with E-state index in [2.05, 4.69) is 5.32 Å². The summed E-state index contributed by atoms with van der Waals surface area (Å²) in [7, 11) is 0. The topological polar surface area (TPSA) is 30.5 Å². The van der Waals surface area contributed by atoms with E-state index in [1.807, 2.05) is 13.0 Å². The summed E-state index contributed by atoms with van der Waals surface area (Å²) in [5.74, 6) is 0.248. The van der Waals surface area contributed by atoms with Crippen LogP contribution in [0.1, 0.15) is 25.3 Å². The number of rotatable bonds is 7. The van der Waals surface area contributed by atoms with Crippen molar-refractivity contribution in [1.29, 1.82) is 0 Å². The second-order valence-corrected chi connectivity index (χ2v) is 4.21. The van der Waals surface area contributed by atoms with Crippen LogP contribution in [0.3, 0.4) is 0 Å². The Bertz CT molecular complexity index is 366. The highest BCUT2D eigenvalue weighted by atomic mass is 19.1. The van der Waals surface area contributed by atoms with Gasteiger partial charge in [0, 0.05) is 25.3 Å². The molecule has 2 rings (SSSR count). The van der Waals surface area contributed by atoms with Gasteiger partial charge in [-0.05, 0) is 37.5 Å². The van der Waals surface area contributed by atoms with Gasteiger partial charge in [0.15, 0.2) is 6.79 Å². The van der Waals surface area contributed by atoms with Crippen molar-refractivity contribution < 1.29 is 13.9 Å². The van der Waals surface area contributed by atoms with E-state index in [0.717, 1.165) is 5.56 Å². The highest BCUT2D eigenvalue weighted by Gasteiger charge is 2.20. The predicted molar refractivity (Wildman–Crippen MR) is 63.4 cm³/mol. The third-order valence-electron chi connectivity index (χ3n) is 2.62. The maximum atomic E-state index is 13.3. The molecule has 1 aromatic carbocycles. The monoisotopic (exact) mass is 239 g/mol. The van der Waals surface area contributed by atoms with Gasteiger partial charge >= 0.3 is 0 Å². The number of hydrogen-bond donors (Lipinski definition) is 1. The average Bonchev–Trinajstić information content (AvgIpc) is 3.10. The molecule has 0 bridgehead atoms. The molecule has 1 aliphatic rings. The molecule has 0 radical (unpaired) electrons. The Labute approximate surface area is 101 Å². The summed E-state index contributed by atoms with van der Waals surface area (Å²) in [6, 6.07) is 5.37. The fraction of sp³-hybridized carbons (Fsp3) is 0.538. The van der Waals surface area contributed by atoms with Crippen LogP contribution in [-0.4, -0.2) is 19.4 Å². The molecule has 0 saturated heterocycles. The molecule has 1 saturated carbocycles. The zero-order valence-corrected chi connectivity index (χ0v) is 10.0. The van der Waals surface area contributed by atoms with Crippen LogP contribution < -0.4 is 10.1 Å². The van der Waals surface area contributed by atoms with Crippen molar-refractivity contribution >= 4 is 0 Å². The van der Waals surface area contributed by atoms with Crippen molar-refractivity contribution in [3.05, 3.63) is 29.6 Å². The molecule has 0 atom stereocenters. The number of ether oxygens (including phenoxy) is 2. The molecule has 0 spiro atoms. The third-order valence-corrected chi connectivity index (χ3v) is 2.62. The van der Waals surface area contributed by atoms with Gasteiger partial charge in [0.05, 0.1) is 0 Å². The molecule has 0 heterocycles. The molecule has 4 heteroatoms. The highest BCUT2D eigenvalue weighted by Crippen LogP contribution is 2.21. The van der Waals surface area contributed by atoms with Crippen LogP contribution in [0.25, 0.3) is 0 Å². The molecule has 17 heavy (non-hydrogen) atoms. The standard InChI is InChI=1S/C13H18FNO2/c1-2-16-9-17-13-6-10(5-11(14)7-13)8-15-12-3-4-12/h5-7,12,15H,2-4,8-9H2,1H3. The summed E-state index contributed by atoms with van der Waals surface area (Å²) < 4.78 is 23.7.